The van der Waals surface area contributed by atoms with Gasteiger partial charge in [-0.1, -0.05) is 24.3 Å². The van der Waals surface area contributed by atoms with Gasteiger partial charge in [0.05, 0.1) is 0 Å². The average molecular weight is 413 g/mol. The van der Waals surface area contributed by atoms with Gasteiger partial charge in [-0.15, -0.1) is 24.8 Å². The Labute approximate surface area is 170 Å². The van der Waals surface area contributed by atoms with E-state index < -0.39 is 5.54 Å². The van der Waals surface area contributed by atoms with Gasteiger partial charge in [-0.3, -0.25) is 4.79 Å². The van der Waals surface area contributed by atoms with Crippen LogP contribution in [0.1, 0.15) is 17.5 Å². The number of nitrogens with one attached hydrogen (secondary N) is 1. The van der Waals surface area contributed by atoms with Gasteiger partial charge >= 0.3 is 0 Å². The zero-order valence-corrected chi connectivity index (χ0v) is 16.4. The fourth-order valence-corrected chi connectivity index (χ4v) is 3.81. The largest absolute Gasteiger partial charge is 0.352 e. The summed E-state index contributed by atoms with van der Waals surface area (Å²) in [6.45, 7) is 1.21. The van der Waals surface area contributed by atoms with Crippen molar-refractivity contribution in [1.29, 1.82) is 0 Å². The van der Waals surface area contributed by atoms with E-state index in [-0.39, 0.29) is 42.6 Å². The minimum atomic E-state index is -0.895. The summed E-state index contributed by atoms with van der Waals surface area (Å²) in [6, 6.07) is 10.9. The summed E-state index contributed by atoms with van der Waals surface area (Å²) in [5, 5.41) is 3.06. The number of anilines is 1. The van der Waals surface area contributed by atoms with Gasteiger partial charge in [0.1, 0.15) is 5.54 Å². The van der Waals surface area contributed by atoms with Crippen LogP contribution in [0.25, 0.3) is 0 Å². The van der Waals surface area contributed by atoms with Crippen LogP contribution in [0.15, 0.2) is 42.6 Å². The molecule has 0 spiro atoms. The minimum absolute atomic E-state index is 0. The second-order valence-corrected chi connectivity index (χ2v) is 6.99. The lowest BCUT2D eigenvalue weighted by Crippen LogP contribution is -2.57. The normalized spacial score (nSPS) is 19.6. The van der Waals surface area contributed by atoms with Crippen molar-refractivity contribution in [2.24, 2.45) is 5.73 Å². The van der Waals surface area contributed by atoms with E-state index in [1.54, 1.807) is 12.3 Å². The Morgan fingerprint density at radius 3 is 2.48 bits per heavy atom. The molecule has 1 aliphatic carbocycles. The standard InChI is InChI=1S/C19H21FN4O.2ClH/c20-16-6-3-8-22-17(16)24-9-7-15(12-24)23-18(25)19(21)10-13-4-1-2-5-14(13)11-19;;/h1-6,8,15H,7,9-12,21H2,(H,23,25);2*1H. The number of rotatable bonds is 3. The molecular weight excluding hydrogens is 390 g/mol. The van der Waals surface area contributed by atoms with E-state index >= 15 is 0 Å². The maximum absolute atomic E-state index is 13.9. The van der Waals surface area contributed by atoms with Crippen LogP contribution >= 0.6 is 24.8 Å². The van der Waals surface area contributed by atoms with E-state index in [0.717, 1.165) is 17.5 Å². The highest BCUT2D eigenvalue weighted by Crippen LogP contribution is 2.29. The lowest BCUT2D eigenvalue weighted by molar-refractivity contribution is -0.126. The molecule has 2 aliphatic rings. The van der Waals surface area contributed by atoms with Crippen LogP contribution < -0.4 is 16.0 Å². The number of benzene rings is 1. The van der Waals surface area contributed by atoms with Crippen LogP contribution in [0.4, 0.5) is 10.2 Å². The molecule has 0 bridgehead atoms. The predicted molar refractivity (Wildman–Crippen MR) is 108 cm³/mol. The van der Waals surface area contributed by atoms with Gasteiger partial charge in [0.2, 0.25) is 5.91 Å². The number of hydrogen-bond acceptors (Lipinski definition) is 4. The molecular formula is C19H23Cl2FN4O. The molecule has 1 aliphatic heterocycles. The molecule has 2 aromatic rings. The molecule has 27 heavy (non-hydrogen) atoms. The molecule has 1 unspecified atom stereocenters. The Kier molecular flexibility index (Phi) is 6.68. The third-order valence-corrected chi connectivity index (χ3v) is 5.14. The molecule has 1 aromatic heterocycles. The molecule has 1 atom stereocenters. The van der Waals surface area contributed by atoms with E-state index in [2.05, 4.69) is 10.3 Å². The second kappa shape index (κ2) is 8.42. The number of pyridine rings is 1. The van der Waals surface area contributed by atoms with Crippen molar-refractivity contribution < 1.29 is 9.18 Å². The summed E-state index contributed by atoms with van der Waals surface area (Å²) in [5.41, 5.74) is 7.79. The number of halogens is 3. The Morgan fingerprint density at radius 1 is 1.19 bits per heavy atom. The van der Waals surface area contributed by atoms with Crippen molar-refractivity contribution in [3.05, 3.63) is 59.5 Å². The summed E-state index contributed by atoms with van der Waals surface area (Å²) in [4.78, 5) is 18.7. The Hall–Kier alpha value is -1.89. The fourth-order valence-electron chi connectivity index (χ4n) is 3.81. The zero-order chi connectivity index (χ0) is 17.4. The van der Waals surface area contributed by atoms with Crippen molar-refractivity contribution in [1.82, 2.24) is 10.3 Å². The number of carbonyl (C=O) groups is 1. The van der Waals surface area contributed by atoms with Gasteiger partial charge in [-0.05, 0) is 42.5 Å². The summed E-state index contributed by atoms with van der Waals surface area (Å²) < 4.78 is 13.9. The Balaban J connectivity index is 0.00000131. The lowest BCUT2D eigenvalue weighted by Gasteiger charge is -2.25. The molecule has 1 saturated heterocycles. The molecule has 1 amide bonds. The number of carbonyl (C=O) groups excluding carboxylic acids is 1. The lowest BCUT2D eigenvalue weighted by atomic mass is 9.95. The summed E-state index contributed by atoms with van der Waals surface area (Å²) in [6.07, 6.45) is 3.44. The highest BCUT2D eigenvalue weighted by molar-refractivity contribution is 5.88. The quantitative estimate of drug-likeness (QED) is 0.810. The molecule has 1 aromatic carbocycles. The summed E-state index contributed by atoms with van der Waals surface area (Å²) >= 11 is 0. The number of fused-ring (bicyclic) bond motifs is 1. The number of hydrogen-bond donors (Lipinski definition) is 2. The molecule has 8 heteroatoms. The minimum Gasteiger partial charge on any atom is -0.352 e. The van der Waals surface area contributed by atoms with E-state index in [0.29, 0.717) is 31.7 Å². The second-order valence-electron chi connectivity index (χ2n) is 6.99. The van der Waals surface area contributed by atoms with Crippen LogP contribution in [-0.2, 0) is 17.6 Å². The molecule has 146 valence electrons. The number of nitrogens with zero attached hydrogens (tertiary/aromatic N) is 2. The first-order chi connectivity index (χ1) is 12.0. The molecule has 3 N–H and O–H groups in total. The van der Waals surface area contributed by atoms with Crippen molar-refractivity contribution in [2.45, 2.75) is 30.8 Å². The molecule has 2 heterocycles. The van der Waals surface area contributed by atoms with Crippen molar-refractivity contribution in [2.75, 3.05) is 18.0 Å². The molecule has 4 rings (SSSR count). The van der Waals surface area contributed by atoms with E-state index in [9.17, 15) is 9.18 Å². The number of nitrogens with two attached hydrogens (primary N) is 1. The molecule has 5 nitrogen and oxygen atoms in total. The molecule has 1 fully saturated rings. The SMILES string of the molecule is Cl.Cl.NC1(C(=O)NC2CCN(c3ncccc3F)C2)Cc2ccccc2C1. The number of amides is 1. The van der Waals surface area contributed by atoms with Gasteiger partial charge in [0.15, 0.2) is 11.6 Å². The van der Waals surface area contributed by atoms with Crippen molar-refractivity contribution in [3.8, 4) is 0 Å². The van der Waals surface area contributed by atoms with Crippen LogP contribution in [0.5, 0.6) is 0 Å². The zero-order valence-electron chi connectivity index (χ0n) is 14.7. The maximum Gasteiger partial charge on any atom is 0.241 e. The van der Waals surface area contributed by atoms with Gasteiger partial charge < -0.3 is 16.0 Å². The van der Waals surface area contributed by atoms with Gasteiger partial charge in [-0.25, -0.2) is 9.37 Å². The third-order valence-electron chi connectivity index (χ3n) is 5.14. The third kappa shape index (κ3) is 4.18. The predicted octanol–water partition coefficient (Wildman–Crippen LogP) is 2.26. The average Bonchev–Trinajstić information content (AvgIpc) is 3.19. The topological polar surface area (TPSA) is 71.2 Å². The first-order valence-corrected chi connectivity index (χ1v) is 8.57. The van der Waals surface area contributed by atoms with E-state index in [1.807, 2.05) is 29.2 Å². The van der Waals surface area contributed by atoms with Crippen LogP contribution in [0.3, 0.4) is 0 Å². The monoisotopic (exact) mass is 412 g/mol. The first kappa shape index (κ1) is 21.4. The van der Waals surface area contributed by atoms with Crippen LogP contribution in [0, 0.1) is 5.82 Å². The summed E-state index contributed by atoms with van der Waals surface area (Å²) in [7, 11) is 0. The van der Waals surface area contributed by atoms with Crippen molar-refractivity contribution >= 4 is 36.5 Å². The van der Waals surface area contributed by atoms with Gasteiger partial charge in [0, 0.05) is 25.3 Å². The van der Waals surface area contributed by atoms with Crippen LogP contribution in [-0.4, -0.2) is 35.6 Å². The molecule has 0 saturated carbocycles. The van der Waals surface area contributed by atoms with Crippen molar-refractivity contribution in [3.63, 3.8) is 0 Å². The number of aromatic nitrogens is 1. The highest BCUT2D eigenvalue weighted by atomic mass is 35.5. The Morgan fingerprint density at radius 2 is 1.85 bits per heavy atom. The fraction of sp³-hybridized carbons (Fsp3) is 0.368. The van der Waals surface area contributed by atoms with E-state index in [4.69, 9.17) is 5.73 Å². The highest BCUT2D eigenvalue weighted by Gasteiger charge is 2.41. The first-order valence-electron chi connectivity index (χ1n) is 8.57. The molecule has 0 radical (unpaired) electrons. The van der Waals surface area contributed by atoms with Gasteiger partial charge in [-0.2, -0.15) is 0 Å². The Bertz CT molecular complexity index is 795. The van der Waals surface area contributed by atoms with Crippen LogP contribution in [0.2, 0.25) is 0 Å². The van der Waals surface area contributed by atoms with E-state index in [1.165, 1.54) is 6.07 Å². The smallest absolute Gasteiger partial charge is 0.241 e. The van der Waals surface area contributed by atoms with Gasteiger partial charge in [0.25, 0.3) is 0 Å². The maximum atomic E-state index is 13.9. The summed E-state index contributed by atoms with van der Waals surface area (Å²) in [5.74, 6) is -0.122.